The summed E-state index contributed by atoms with van der Waals surface area (Å²) in [5.41, 5.74) is -27.8. The molecular formula is C17F24. The number of hydrogen-bond donors (Lipinski definition) is 0. The second-order valence-electron chi connectivity index (χ2n) is 8.49. The van der Waals surface area contributed by atoms with E-state index in [0.29, 0.717) is 0 Å². The summed E-state index contributed by atoms with van der Waals surface area (Å²) < 4.78 is 339. The Morgan fingerprint density at radius 1 is 0.341 bits per heavy atom. The summed E-state index contributed by atoms with van der Waals surface area (Å²) in [7, 11) is 0. The van der Waals surface area contributed by atoms with Gasteiger partial charge in [0.15, 0.2) is 23.3 Å². The highest BCUT2D eigenvalue weighted by atomic mass is 19.4. The van der Waals surface area contributed by atoms with Crippen molar-refractivity contribution in [1.82, 2.24) is 0 Å². The first-order chi connectivity index (χ1) is 17.6. The van der Waals surface area contributed by atoms with Crippen molar-refractivity contribution in [2.75, 3.05) is 0 Å². The molecule has 1 aromatic carbocycles. The highest BCUT2D eigenvalue weighted by Crippen LogP contribution is 2.78. The second-order valence-corrected chi connectivity index (χ2v) is 8.49. The maximum Gasteiger partial charge on any atom is 0.384 e. The van der Waals surface area contributed by atoms with Gasteiger partial charge in [-0.25, -0.2) is 26.3 Å². The topological polar surface area (TPSA) is 0 Å². The lowest BCUT2D eigenvalue weighted by Gasteiger charge is -2.58. The first kappa shape index (κ1) is 33.0. The maximum atomic E-state index is 15.5. The van der Waals surface area contributed by atoms with Gasteiger partial charge in [-0.1, -0.05) is 0 Å². The molecule has 0 saturated heterocycles. The van der Waals surface area contributed by atoms with E-state index in [2.05, 4.69) is 0 Å². The molecule has 236 valence electrons. The van der Waals surface area contributed by atoms with Gasteiger partial charge in [0.2, 0.25) is 0 Å². The Balaban J connectivity index is 2.72. The van der Waals surface area contributed by atoms with Gasteiger partial charge in [0.25, 0.3) is 5.67 Å². The van der Waals surface area contributed by atoms with Gasteiger partial charge in [-0.2, -0.15) is 79.0 Å². The highest BCUT2D eigenvalue weighted by Gasteiger charge is 3.08. The van der Waals surface area contributed by atoms with Crippen LogP contribution in [-0.2, 0) is 11.6 Å². The summed E-state index contributed by atoms with van der Waals surface area (Å²) in [6, 6.07) is 0. The molecule has 1 unspecified atom stereocenters. The average Bonchev–Trinajstić information content (AvgIpc) is 2.80. The molecule has 1 aromatic rings. The van der Waals surface area contributed by atoms with Crippen LogP contribution in [0.2, 0.25) is 0 Å². The molecule has 0 spiro atoms. The predicted molar refractivity (Wildman–Crippen MR) is 76.4 cm³/mol. The Kier molecular flexibility index (Phi) is 6.08. The van der Waals surface area contributed by atoms with Crippen molar-refractivity contribution < 1.29 is 105 Å². The minimum absolute atomic E-state index is 3.92. The smallest absolute Gasteiger partial charge is 0.225 e. The van der Waals surface area contributed by atoms with Gasteiger partial charge in [-0.3, -0.25) is 0 Å². The van der Waals surface area contributed by atoms with Gasteiger partial charge < -0.3 is 0 Å². The fourth-order valence-electron chi connectivity index (χ4n) is 4.18. The molecule has 2 aliphatic carbocycles. The SMILES string of the molecule is Fc1c(F)c(F)c2c(c1F)C(F)(F)C(F)(F)C(F)(F)C2(F)C(F)(F)C1(F)C(F)(F)C(F)(F)C(F)(F)C(F)(F)C1(F)F. The molecule has 0 aromatic heterocycles. The standard InChI is InChI=1S/C17F24/c18-3-1-2(4(19)6(21)5(3)20)8(23,24)12(30,31)11(28,29)7(1,22)10(26,27)9(25)13(32,33)15(36,37)17(40,41)16(38,39)14(9,34)35. The van der Waals surface area contributed by atoms with Crippen LogP contribution in [0.4, 0.5) is 105 Å². The molecule has 0 bridgehead atoms. The fraction of sp³-hybridized carbons (Fsp3) is 0.647. The summed E-state index contributed by atoms with van der Waals surface area (Å²) >= 11 is 0. The van der Waals surface area contributed by atoms with Crippen LogP contribution in [0.5, 0.6) is 0 Å². The third kappa shape index (κ3) is 2.70. The van der Waals surface area contributed by atoms with E-state index in [9.17, 15) is 87.8 Å². The minimum Gasteiger partial charge on any atom is -0.225 e. The largest absolute Gasteiger partial charge is 0.384 e. The van der Waals surface area contributed by atoms with Crippen molar-refractivity contribution >= 4 is 0 Å². The van der Waals surface area contributed by atoms with Gasteiger partial charge in [0.05, 0.1) is 11.1 Å². The molecule has 1 saturated carbocycles. The Hall–Kier alpha value is -2.46. The summed E-state index contributed by atoms with van der Waals surface area (Å²) in [6.07, 6.45) is 0. The van der Waals surface area contributed by atoms with E-state index in [-0.39, 0.29) is 0 Å². The Morgan fingerprint density at radius 3 is 0.976 bits per heavy atom. The summed E-state index contributed by atoms with van der Waals surface area (Å²) in [5.74, 6) is -95.0. The molecule has 41 heavy (non-hydrogen) atoms. The Labute approximate surface area is 205 Å². The summed E-state index contributed by atoms with van der Waals surface area (Å²) in [6.45, 7) is 0. The lowest BCUT2D eigenvalue weighted by atomic mass is 9.60. The van der Waals surface area contributed by atoms with Gasteiger partial charge >= 0.3 is 59.0 Å². The monoisotopic (exact) mass is 660 g/mol. The lowest BCUT2D eigenvalue weighted by molar-refractivity contribution is -0.521. The molecule has 1 fully saturated rings. The molecule has 24 heteroatoms. The van der Waals surface area contributed by atoms with Crippen LogP contribution in [-0.4, -0.2) is 53.0 Å². The molecule has 2 aliphatic rings. The van der Waals surface area contributed by atoms with E-state index in [0.717, 1.165) is 0 Å². The van der Waals surface area contributed by atoms with Gasteiger partial charge in [0.1, 0.15) is 0 Å². The van der Waals surface area contributed by atoms with Gasteiger partial charge in [-0.15, -0.1) is 0 Å². The van der Waals surface area contributed by atoms with E-state index < -0.39 is 99.0 Å². The van der Waals surface area contributed by atoms with Crippen molar-refractivity contribution in [3.8, 4) is 0 Å². The number of hydrogen-bond acceptors (Lipinski definition) is 0. The van der Waals surface area contributed by atoms with Crippen LogP contribution in [0.25, 0.3) is 0 Å². The number of rotatable bonds is 2. The van der Waals surface area contributed by atoms with Crippen LogP contribution in [0, 0.1) is 23.3 Å². The van der Waals surface area contributed by atoms with Crippen LogP contribution >= 0.6 is 0 Å². The van der Waals surface area contributed by atoms with Gasteiger partial charge in [0, 0.05) is 0 Å². The average molecular weight is 660 g/mol. The summed E-state index contributed by atoms with van der Waals surface area (Å²) in [4.78, 5) is 0. The van der Waals surface area contributed by atoms with Crippen LogP contribution < -0.4 is 0 Å². The summed E-state index contributed by atoms with van der Waals surface area (Å²) in [5, 5.41) is 0. The first-order valence-corrected chi connectivity index (χ1v) is 9.29. The zero-order chi connectivity index (χ0) is 33.0. The van der Waals surface area contributed by atoms with E-state index in [4.69, 9.17) is 0 Å². The normalized spacial score (nSPS) is 31.3. The van der Waals surface area contributed by atoms with Crippen molar-refractivity contribution in [3.05, 3.63) is 34.4 Å². The molecule has 0 amide bonds. The Morgan fingerprint density at radius 2 is 0.634 bits per heavy atom. The number of benzene rings is 1. The van der Waals surface area contributed by atoms with Crippen molar-refractivity contribution in [2.24, 2.45) is 0 Å². The van der Waals surface area contributed by atoms with Crippen molar-refractivity contribution in [2.45, 2.75) is 64.6 Å². The fourth-order valence-corrected chi connectivity index (χ4v) is 4.18. The molecule has 1 atom stereocenters. The van der Waals surface area contributed by atoms with Crippen LogP contribution in [0.15, 0.2) is 0 Å². The van der Waals surface area contributed by atoms with E-state index in [1.165, 1.54) is 0 Å². The molecule has 3 rings (SSSR count). The van der Waals surface area contributed by atoms with E-state index in [1.807, 2.05) is 0 Å². The molecular weight excluding hydrogens is 660 g/mol. The third-order valence-electron chi connectivity index (χ3n) is 6.45. The van der Waals surface area contributed by atoms with Crippen LogP contribution in [0.3, 0.4) is 0 Å². The molecule has 0 heterocycles. The zero-order valence-corrected chi connectivity index (χ0v) is 17.6. The first-order valence-electron chi connectivity index (χ1n) is 9.29. The lowest BCUT2D eigenvalue weighted by Crippen LogP contribution is -2.90. The maximum absolute atomic E-state index is 15.5. The predicted octanol–water partition coefficient (Wildman–Crippen LogP) is 8.32. The van der Waals surface area contributed by atoms with Gasteiger partial charge in [-0.05, 0) is 0 Å². The quantitative estimate of drug-likeness (QED) is 0.170. The molecule has 0 N–H and O–H groups in total. The Bertz CT molecular complexity index is 1270. The molecule has 0 aliphatic heterocycles. The number of alkyl halides is 20. The third-order valence-corrected chi connectivity index (χ3v) is 6.45. The number of fused-ring (bicyclic) bond motifs is 1. The van der Waals surface area contributed by atoms with Crippen molar-refractivity contribution in [1.29, 1.82) is 0 Å². The van der Waals surface area contributed by atoms with E-state index >= 15 is 17.6 Å². The van der Waals surface area contributed by atoms with Crippen molar-refractivity contribution in [3.63, 3.8) is 0 Å². The minimum atomic E-state index is -9.45. The number of halogens is 24. The van der Waals surface area contributed by atoms with Crippen LogP contribution in [0.1, 0.15) is 11.1 Å². The second kappa shape index (κ2) is 7.54. The van der Waals surface area contributed by atoms with E-state index in [1.54, 1.807) is 0 Å². The zero-order valence-electron chi connectivity index (χ0n) is 17.6. The molecule has 0 nitrogen and oxygen atoms in total. The molecule has 0 radical (unpaired) electrons. The highest BCUT2D eigenvalue weighted by molar-refractivity contribution is 5.50.